The Morgan fingerprint density at radius 2 is 2.00 bits per heavy atom. The molecular formula is C13H18Cl2N2S. The standard InChI is InChI=1S/C13H18Cl2N2S/c14-7-11-12(15)16-13(18-11)17-6-5-9-3-1-2-4-10(9)8-17/h9-10H,1-8H2. The first-order valence-electron chi connectivity index (χ1n) is 6.74. The van der Waals surface area contributed by atoms with Gasteiger partial charge in [0.1, 0.15) is 5.15 Å². The second-order valence-corrected chi connectivity index (χ2v) is 7.07. The van der Waals surface area contributed by atoms with Gasteiger partial charge >= 0.3 is 0 Å². The number of rotatable bonds is 2. The van der Waals surface area contributed by atoms with Crippen molar-refractivity contribution in [3.05, 3.63) is 10.0 Å². The van der Waals surface area contributed by atoms with E-state index >= 15 is 0 Å². The molecule has 2 fully saturated rings. The van der Waals surface area contributed by atoms with Crippen LogP contribution >= 0.6 is 34.5 Å². The maximum atomic E-state index is 6.09. The molecule has 3 rings (SSSR count). The molecule has 5 heteroatoms. The van der Waals surface area contributed by atoms with Crippen LogP contribution in [0, 0.1) is 11.8 Å². The van der Waals surface area contributed by atoms with Crippen molar-refractivity contribution in [2.45, 2.75) is 38.0 Å². The van der Waals surface area contributed by atoms with E-state index in [1.165, 1.54) is 32.1 Å². The zero-order valence-corrected chi connectivity index (χ0v) is 12.7. The maximum absolute atomic E-state index is 6.09. The lowest BCUT2D eigenvalue weighted by molar-refractivity contribution is 0.202. The number of anilines is 1. The minimum atomic E-state index is 0.469. The fourth-order valence-corrected chi connectivity index (χ4v) is 4.82. The van der Waals surface area contributed by atoms with E-state index in [0.717, 1.165) is 34.9 Å². The molecule has 2 nitrogen and oxygen atoms in total. The molecule has 2 atom stereocenters. The zero-order chi connectivity index (χ0) is 12.5. The Kier molecular flexibility index (Phi) is 4.02. The third-order valence-corrected chi connectivity index (χ3v) is 6.29. The van der Waals surface area contributed by atoms with Gasteiger partial charge in [-0.15, -0.1) is 11.6 Å². The van der Waals surface area contributed by atoms with Gasteiger partial charge in [0.05, 0.1) is 10.8 Å². The Balaban J connectivity index is 1.72. The topological polar surface area (TPSA) is 16.1 Å². The average molecular weight is 305 g/mol. The quantitative estimate of drug-likeness (QED) is 0.745. The first-order chi connectivity index (χ1) is 8.78. The normalized spacial score (nSPS) is 28.2. The van der Waals surface area contributed by atoms with Gasteiger partial charge in [0.15, 0.2) is 5.13 Å². The van der Waals surface area contributed by atoms with Crippen molar-refractivity contribution in [2.24, 2.45) is 11.8 Å². The summed E-state index contributed by atoms with van der Waals surface area (Å²) in [7, 11) is 0. The van der Waals surface area contributed by atoms with Crippen molar-refractivity contribution in [3.63, 3.8) is 0 Å². The molecule has 2 unspecified atom stereocenters. The highest BCUT2D eigenvalue weighted by molar-refractivity contribution is 7.16. The number of aromatic nitrogens is 1. The Morgan fingerprint density at radius 1 is 1.22 bits per heavy atom. The molecule has 0 aromatic carbocycles. The lowest BCUT2D eigenvalue weighted by atomic mass is 9.75. The number of fused-ring (bicyclic) bond motifs is 1. The number of thiazole rings is 1. The SMILES string of the molecule is ClCc1sc(N2CCC3CCCCC3C2)nc1Cl. The predicted molar refractivity (Wildman–Crippen MR) is 79.0 cm³/mol. The zero-order valence-electron chi connectivity index (χ0n) is 10.4. The highest BCUT2D eigenvalue weighted by atomic mass is 35.5. The molecule has 100 valence electrons. The van der Waals surface area contributed by atoms with Crippen LogP contribution in [-0.2, 0) is 5.88 Å². The van der Waals surface area contributed by atoms with Gasteiger partial charge in [0.25, 0.3) is 0 Å². The highest BCUT2D eigenvalue weighted by Gasteiger charge is 2.32. The number of nitrogens with zero attached hydrogens (tertiary/aromatic N) is 2. The molecule has 0 bridgehead atoms. The number of halogens is 2. The summed E-state index contributed by atoms with van der Waals surface area (Å²) >= 11 is 13.6. The van der Waals surface area contributed by atoms with Crippen LogP contribution in [0.15, 0.2) is 0 Å². The molecule has 1 saturated heterocycles. The van der Waals surface area contributed by atoms with Gasteiger partial charge in [-0.1, -0.05) is 42.2 Å². The van der Waals surface area contributed by atoms with Gasteiger partial charge in [-0.25, -0.2) is 4.98 Å². The molecule has 1 saturated carbocycles. The van der Waals surface area contributed by atoms with Crippen molar-refractivity contribution in [3.8, 4) is 0 Å². The molecule has 0 amide bonds. The van der Waals surface area contributed by atoms with E-state index in [-0.39, 0.29) is 0 Å². The average Bonchev–Trinajstić information content (AvgIpc) is 2.79. The van der Waals surface area contributed by atoms with Crippen LogP contribution in [0.4, 0.5) is 5.13 Å². The number of hydrogen-bond acceptors (Lipinski definition) is 3. The van der Waals surface area contributed by atoms with Crippen molar-refractivity contribution in [2.75, 3.05) is 18.0 Å². The van der Waals surface area contributed by atoms with Crippen molar-refractivity contribution >= 4 is 39.7 Å². The van der Waals surface area contributed by atoms with E-state index in [2.05, 4.69) is 9.88 Å². The van der Waals surface area contributed by atoms with E-state index in [0.29, 0.717) is 11.0 Å². The van der Waals surface area contributed by atoms with Gasteiger partial charge in [0.2, 0.25) is 0 Å². The summed E-state index contributed by atoms with van der Waals surface area (Å²) in [5.41, 5.74) is 0. The van der Waals surface area contributed by atoms with Crippen LogP contribution in [0.1, 0.15) is 37.0 Å². The van der Waals surface area contributed by atoms with Gasteiger partial charge in [0, 0.05) is 13.1 Å². The van der Waals surface area contributed by atoms with Gasteiger partial charge in [-0.05, 0) is 24.7 Å². The summed E-state index contributed by atoms with van der Waals surface area (Å²) in [6.45, 7) is 2.29. The van der Waals surface area contributed by atoms with E-state index in [9.17, 15) is 0 Å². The summed E-state index contributed by atoms with van der Waals surface area (Å²) in [5.74, 6) is 2.30. The number of alkyl halides is 1. The molecule has 2 heterocycles. The van der Waals surface area contributed by atoms with E-state index in [1.54, 1.807) is 11.3 Å². The molecule has 0 spiro atoms. The Morgan fingerprint density at radius 3 is 2.72 bits per heavy atom. The summed E-state index contributed by atoms with van der Waals surface area (Å²) in [6, 6.07) is 0. The molecular weight excluding hydrogens is 287 g/mol. The van der Waals surface area contributed by atoms with Crippen LogP contribution in [0.2, 0.25) is 5.15 Å². The monoisotopic (exact) mass is 304 g/mol. The summed E-state index contributed by atoms with van der Waals surface area (Å²) in [4.78, 5) is 7.88. The largest absolute Gasteiger partial charge is 0.348 e. The number of piperidine rings is 1. The van der Waals surface area contributed by atoms with Crippen molar-refractivity contribution in [1.29, 1.82) is 0 Å². The second kappa shape index (κ2) is 5.56. The lowest BCUT2D eigenvalue weighted by Gasteiger charge is -2.41. The van der Waals surface area contributed by atoms with Gasteiger partial charge < -0.3 is 4.90 Å². The first kappa shape index (κ1) is 13.0. The van der Waals surface area contributed by atoms with E-state index in [4.69, 9.17) is 23.2 Å². The Labute approximate surface area is 122 Å². The predicted octanol–water partition coefficient (Wildman–Crippen LogP) is 4.55. The fourth-order valence-electron chi connectivity index (χ4n) is 3.31. The number of hydrogen-bond donors (Lipinski definition) is 0. The maximum Gasteiger partial charge on any atom is 0.187 e. The smallest absolute Gasteiger partial charge is 0.187 e. The van der Waals surface area contributed by atoms with E-state index < -0.39 is 0 Å². The lowest BCUT2D eigenvalue weighted by Crippen LogP contribution is -2.41. The van der Waals surface area contributed by atoms with Crippen molar-refractivity contribution in [1.82, 2.24) is 4.98 Å². The molecule has 1 aliphatic heterocycles. The van der Waals surface area contributed by atoms with Crippen molar-refractivity contribution < 1.29 is 0 Å². The fraction of sp³-hybridized carbons (Fsp3) is 0.769. The van der Waals surface area contributed by atoms with Gasteiger partial charge in [-0.2, -0.15) is 0 Å². The first-order valence-corrected chi connectivity index (χ1v) is 8.47. The summed E-state index contributed by atoms with van der Waals surface area (Å²) < 4.78 is 0. The van der Waals surface area contributed by atoms with E-state index in [1.807, 2.05) is 0 Å². The van der Waals surface area contributed by atoms with Crippen LogP contribution in [0.5, 0.6) is 0 Å². The highest BCUT2D eigenvalue weighted by Crippen LogP contribution is 2.39. The molecule has 1 aromatic rings. The molecule has 0 radical (unpaired) electrons. The molecule has 18 heavy (non-hydrogen) atoms. The Bertz CT molecular complexity index is 421. The summed E-state index contributed by atoms with van der Waals surface area (Å²) in [6.07, 6.45) is 6.98. The molecule has 2 aliphatic rings. The molecule has 1 aromatic heterocycles. The van der Waals surface area contributed by atoms with Gasteiger partial charge in [-0.3, -0.25) is 0 Å². The van der Waals surface area contributed by atoms with Crippen LogP contribution < -0.4 is 4.90 Å². The Hall–Kier alpha value is 0.01000. The molecule has 0 N–H and O–H groups in total. The minimum absolute atomic E-state index is 0.469. The molecule has 1 aliphatic carbocycles. The minimum Gasteiger partial charge on any atom is -0.348 e. The second-order valence-electron chi connectivity index (χ2n) is 5.38. The third kappa shape index (κ3) is 2.50. The van der Waals surface area contributed by atoms with Crippen LogP contribution in [-0.4, -0.2) is 18.1 Å². The van der Waals surface area contributed by atoms with Crippen LogP contribution in [0.25, 0.3) is 0 Å². The summed E-state index contributed by atoms with van der Waals surface area (Å²) in [5, 5.41) is 1.66. The third-order valence-electron chi connectivity index (χ3n) is 4.32. The van der Waals surface area contributed by atoms with Crippen LogP contribution in [0.3, 0.4) is 0 Å².